The van der Waals surface area contributed by atoms with E-state index in [0.29, 0.717) is 12.2 Å². The van der Waals surface area contributed by atoms with Crippen LogP contribution in [-0.4, -0.2) is 30.8 Å². The first-order valence-electron chi connectivity index (χ1n) is 7.13. The van der Waals surface area contributed by atoms with E-state index >= 15 is 0 Å². The lowest BCUT2D eigenvalue weighted by Crippen LogP contribution is -2.34. The Morgan fingerprint density at radius 1 is 1.47 bits per heavy atom. The van der Waals surface area contributed by atoms with Gasteiger partial charge in [0.15, 0.2) is 0 Å². The zero-order valence-corrected chi connectivity index (χ0v) is 11.5. The smallest absolute Gasteiger partial charge is 0.146 e. The molecule has 1 atom stereocenters. The van der Waals surface area contributed by atoms with Crippen molar-refractivity contribution in [3.8, 4) is 0 Å². The third-order valence-electron chi connectivity index (χ3n) is 3.69. The van der Waals surface area contributed by atoms with E-state index in [0.717, 1.165) is 37.9 Å². The molecule has 1 heterocycles. The summed E-state index contributed by atoms with van der Waals surface area (Å²) in [7, 11) is 0. The quantitative estimate of drug-likeness (QED) is 0.775. The first kappa shape index (κ1) is 14.3. The van der Waals surface area contributed by atoms with E-state index in [4.69, 9.17) is 0 Å². The number of rotatable bonds is 6. The van der Waals surface area contributed by atoms with Gasteiger partial charge in [-0.2, -0.15) is 0 Å². The van der Waals surface area contributed by atoms with E-state index in [2.05, 4.69) is 12.2 Å². The third kappa shape index (κ3) is 3.25. The van der Waals surface area contributed by atoms with Gasteiger partial charge in [0.2, 0.25) is 0 Å². The van der Waals surface area contributed by atoms with Crippen LogP contribution in [0.3, 0.4) is 0 Å². The fourth-order valence-electron chi connectivity index (χ4n) is 2.74. The van der Waals surface area contributed by atoms with Crippen molar-refractivity contribution in [2.75, 3.05) is 24.6 Å². The van der Waals surface area contributed by atoms with E-state index in [-0.39, 0.29) is 18.5 Å². The van der Waals surface area contributed by atoms with Crippen molar-refractivity contribution in [2.24, 2.45) is 0 Å². The lowest BCUT2D eigenvalue weighted by atomic mass is 10.1. The lowest BCUT2D eigenvalue weighted by molar-refractivity contribution is 0.266. The van der Waals surface area contributed by atoms with Crippen LogP contribution < -0.4 is 10.2 Å². The molecule has 0 bridgehead atoms. The summed E-state index contributed by atoms with van der Waals surface area (Å²) >= 11 is 0. The van der Waals surface area contributed by atoms with Crippen LogP contribution in [0.1, 0.15) is 31.7 Å². The van der Waals surface area contributed by atoms with Crippen LogP contribution in [0, 0.1) is 5.82 Å². The highest BCUT2D eigenvalue weighted by Gasteiger charge is 2.27. The van der Waals surface area contributed by atoms with Crippen molar-refractivity contribution < 1.29 is 9.50 Å². The fourth-order valence-corrected chi connectivity index (χ4v) is 2.74. The Bertz CT molecular complexity index is 411. The van der Waals surface area contributed by atoms with Gasteiger partial charge < -0.3 is 15.3 Å². The van der Waals surface area contributed by atoms with Crippen molar-refractivity contribution in [2.45, 2.75) is 38.8 Å². The number of aliphatic hydroxyl groups excluding tert-OH is 1. The maximum Gasteiger partial charge on any atom is 0.146 e. The molecule has 0 amide bonds. The first-order valence-corrected chi connectivity index (χ1v) is 7.13. The van der Waals surface area contributed by atoms with Crippen LogP contribution in [-0.2, 0) is 6.54 Å². The highest BCUT2D eigenvalue weighted by atomic mass is 19.1. The Morgan fingerprint density at radius 3 is 3.05 bits per heavy atom. The van der Waals surface area contributed by atoms with Crippen LogP contribution in [0.15, 0.2) is 18.2 Å². The van der Waals surface area contributed by atoms with E-state index in [9.17, 15) is 9.50 Å². The molecule has 1 aliphatic heterocycles. The minimum absolute atomic E-state index is 0.0572. The van der Waals surface area contributed by atoms with Gasteiger partial charge in [0, 0.05) is 13.1 Å². The van der Waals surface area contributed by atoms with Gasteiger partial charge in [0.05, 0.1) is 18.3 Å². The SMILES string of the molecule is CCCNCc1cccc(F)c1N1CCCC1CO. The van der Waals surface area contributed by atoms with Crippen molar-refractivity contribution in [3.63, 3.8) is 0 Å². The van der Waals surface area contributed by atoms with Crippen LogP contribution >= 0.6 is 0 Å². The molecule has 0 radical (unpaired) electrons. The van der Waals surface area contributed by atoms with Crippen LogP contribution in [0.25, 0.3) is 0 Å². The number of nitrogens with one attached hydrogen (secondary N) is 1. The largest absolute Gasteiger partial charge is 0.394 e. The van der Waals surface area contributed by atoms with Crippen molar-refractivity contribution in [3.05, 3.63) is 29.6 Å². The molecule has 19 heavy (non-hydrogen) atoms. The van der Waals surface area contributed by atoms with E-state index in [1.807, 2.05) is 11.0 Å². The van der Waals surface area contributed by atoms with Gasteiger partial charge in [-0.05, 0) is 37.4 Å². The lowest BCUT2D eigenvalue weighted by Gasteiger charge is -2.28. The number of para-hydroxylation sites is 1. The molecule has 1 aliphatic rings. The summed E-state index contributed by atoms with van der Waals surface area (Å²) in [5.74, 6) is -0.184. The molecule has 0 aromatic heterocycles. The van der Waals surface area contributed by atoms with Gasteiger partial charge in [-0.15, -0.1) is 0 Å². The molecule has 3 nitrogen and oxygen atoms in total. The number of anilines is 1. The van der Waals surface area contributed by atoms with Gasteiger partial charge in [0.25, 0.3) is 0 Å². The second-order valence-electron chi connectivity index (χ2n) is 5.10. The molecule has 1 aromatic carbocycles. The Morgan fingerprint density at radius 2 is 2.32 bits per heavy atom. The van der Waals surface area contributed by atoms with Crippen LogP contribution in [0.2, 0.25) is 0 Å². The normalized spacial score (nSPS) is 19.1. The molecular formula is C15H23FN2O. The average Bonchev–Trinajstić information content (AvgIpc) is 2.87. The zero-order valence-electron chi connectivity index (χ0n) is 11.5. The Hall–Kier alpha value is -1.13. The highest BCUT2D eigenvalue weighted by molar-refractivity contribution is 5.56. The maximum atomic E-state index is 14.2. The molecule has 1 fully saturated rings. The van der Waals surface area contributed by atoms with E-state index in [1.54, 1.807) is 6.07 Å². The van der Waals surface area contributed by atoms with Crippen LogP contribution in [0.5, 0.6) is 0 Å². The molecule has 1 aromatic rings. The van der Waals surface area contributed by atoms with E-state index < -0.39 is 0 Å². The second kappa shape index (κ2) is 6.87. The Balaban J connectivity index is 2.21. The number of hydrogen-bond donors (Lipinski definition) is 2. The number of aliphatic hydroxyl groups is 1. The van der Waals surface area contributed by atoms with Gasteiger partial charge in [-0.1, -0.05) is 19.1 Å². The first-order chi connectivity index (χ1) is 9.27. The number of benzene rings is 1. The minimum Gasteiger partial charge on any atom is -0.394 e. The van der Waals surface area contributed by atoms with Gasteiger partial charge in [-0.25, -0.2) is 4.39 Å². The summed E-state index contributed by atoms with van der Waals surface area (Å²) in [6, 6.07) is 5.28. The standard InChI is InChI=1S/C15H23FN2O/c1-2-8-17-10-12-5-3-7-14(16)15(12)18-9-4-6-13(18)11-19/h3,5,7,13,17,19H,2,4,6,8-11H2,1H3. The summed E-state index contributed by atoms with van der Waals surface area (Å²) in [6.45, 7) is 4.64. The molecular weight excluding hydrogens is 243 g/mol. The second-order valence-corrected chi connectivity index (χ2v) is 5.10. The molecule has 1 unspecified atom stereocenters. The predicted molar refractivity (Wildman–Crippen MR) is 75.9 cm³/mol. The molecule has 106 valence electrons. The monoisotopic (exact) mass is 266 g/mol. The summed E-state index contributed by atoms with van der Waals surface area (Å²) in [4.78, 5) is 2.03. The topological polar surface area (TPSA) is 35.5 Å². The van der Waals surface area contributed by atoms with Gasteiger partial charge in [-0.3, -0.25) is 0 Å². The zero-order chi connectivity index (χ0) is 13.7. The predicted octanol–water partition coefficient (Wildman–Crippen LogP) is 2.29. The Labute approximate surface area is 114 Å². The highest BCUT2D eigenvalue weighted by Crippen LogP contribution is 2.31. The van der Waals surface area contributed by atoms with Crippen molar-refractivity contribution >= 4 is 5.69 Å². The number of nitrogens with zero attached hydrogens (tertiary/aromatic N) is 1. The average molecular weight is 266 g/mol. The fraction of sp³-hybridized carbons (Fsp3) is 0.600. The maximum absolute atomic E-state index is 14.2. The number of hydrogen-bond acceptors (Lipinski definition) is 3. The molecule has 2 N–H and O–H groups in total. The van der Waals surface area contributed by atoms with Gasteiger partial charge >= 0.3 is 0 Å². The van der Waals surface area contributed by atoms with Crippen molar-refractivity contribution in [1.29, 1.82) is 0 Å². The Kier molecular flexibility index (Phi) is 5.16. The molecule has 0 spiro atoms. The number of halogens is 1. The van der Waals surface area contributed by atoms with Gasteiger partial charge in [0.1, 0.15) is 5.82 Å². The molecule has 0 aliphatic carbocycles. The summed E-state index contributed by atoms with van der Waals surface area (Å²) in [6.07, 6.45) is 3.02. The minimum atomic E-state index is -0.184. The van der Waals surface area contributed by atoms with Crippen molar-refractivity contribution in [1.82, 2.24) is 5.32 Å². The third-order valence-corrected chi connectivity index (χ3v) is 3.69. The summed E-state index contributed by atoms with van der Waals surface area (Å²) < 4.78 is 14.2. The molecule has 4 heteroatoms. The van der Waals surface area contributed by atoms with E-state index in [1.165, 1.54) is 6.07 Å². The molecule has 0 saturated carbocycles. The molecule has 2 rings (SSSR count). The summed E-state index contributed by atoms with van der Waals surface area (Å²) in [5, 5.41) is 12.7. The summed E-state index contributed by atoms with van der Waals surface area (Å²) in [5.41, 5.74) is 1.65. The molecule has 1 saturated heterocycles. The van der Waals surface area contributed by atoms with Crippen LogP contribution in [0.4, 0.5) is 10.1 Å².